The van der Waals surface area contributed by atoms with Gasteiger partial charge in [-0.15, -0.1) is 0 Å². The van der Waals surface area contributed by atoms with E-state index in [0.717, 1.165) is 12.1 Å². The molecule has 0 radical (unpaired) electrons. The Hall–Kier alpha value is -0.820. The average molecular weight is 475 g/mol. The summed E-state index contributed by atoms with van der Waals surface area (Å²) in [6, 6.07) is 5.16. The molecule has 116 valence electrons. The number of phenolic OH excluding ortho intramolecular Hbond substituents is 1. The summed E-state index contributed by atoms with van der Waals surface area (Å²) < 4.78 is 31.4. The summed E-state index contributed by atoms with van der Waals surface area (Å²) in [7, 11) is 0. The van der Waals surface area contributed by atoms with Gasteiger partial charge in [0.15, 0.2) is 0 Å². The highest BCUT2D eigenvalue weighted by Gasteiger charge is 2.10. The highest BCUT2D eigenvalue weighted by molar-refractivity contribution is 9.11. The molecule has 2 nitrogen and oxygen atoms in total. The summed E-state index contributed by atoms with van der Waals surface area (Å²) in [5, 5.41) is 9.53. The van der Waals surface area contributed by atoms with Crippen LogP contribution >= 0.6 is 55.1 Å². The third-order valence-corrected chi connectivity index (χ3v) is 4.47. The number of benzene rings is 2. The second-order valence-electron chi connectivity index (χ2n) is 4.04. The van der Waals surface area contributed by atoms with Crippen LogP contribution in [0.25, 0.3) is 11.0 Å². The molecule has 0 spiro atoms. The topological polar surface area (TPSA) is 33.4 Å². The molecule has 3 rings (SSSR count). The summed E-state index contributed by atoms with van der Waals surface area (Å²) in [6.07, 6.45) is 1.47. The summed E-state index contributed by atoms with van der Waals surface area (Å²) in [6.45, 7) is 0. The Morgan fingerprint density at radius 3 is 2.27 bits per heavy atom. The normalized spacial score (nSPS) is 10.5. The average Bonchev–Trinajstić information content (AvgIpc) is 2.94. The zero-order valence-corrected chi connectivity index (χ0v) is 15.2. The van der Waals surface area contributed by atoms with Gasteiger partial charge in [0, 0.05) is 11.5 Å². The lowest BCUT2D eigenvalue weighted by Gasteiger charge is -1.97. The van der Waals surface area contributed by atoms with Crippen molar-refractivity contribution in [2.45, 2.75) is 0 Å². The van der Waals surface area contributed by atoms with Crippen LogP contribution in [0.5, 0.6) is 5.75 Å². The van der Waals surface area contributed by atoms with Crippen molar-refractivity contribution in [1.82, 2.24) is 0 Å². The smallest absolute Gasteiger partial charge is 0.149 e. The molecule has 1 heterocycles. The minimum absolute atomic E-state index is 0.0635. The maximum atomic E-state index is 13.0. The number of hydrogen-bond donors (Lipinski definition) is 1. The second kappa shape index (κ2) is 7.17. The number of phenols is 1. The Labute approximate surface area is 150 Å². The van der Waals surface area contributed by atoms with E-state index in [0.29, 0.717) is 19.9 Å². The fraction of sp³-hybridized carbons (Fsp3) is 0. The standard InChI is InChI=1S/C8H3BrClFO.C6H3BrClFO/c9-5-3-6(11)7(10)4-1-2-12-8(4)5;7-3-1-5(9)4(8)2-6(3)10/h1-3H;1-2,10H. The van der Waals surface area contributed by atoms with Crippen LogP contribution < -0.4 is 0 Å². The third kappa shape index (κ3) is 3.74. The quantitative estimate of drug-likeness (QED) is 0.358. The fourth-order valence-corrected chi connectivity index (χ4v) is 2.73. The maximum absolute atomic E-state index is 13.0. The van der Waals surface area contributed by atoms with Crippen molar-refractivity contribution in [2.75, 3.05) is 0 Å². The molecule has 1 N–H and O–H groups in total. The number of hydrogen-bond acceptors (Lipinski definition) is 2. The lowest BCUT2D eigenvalue weighted by atomic mass is 10.2. The molecule has 0 fully saturated rings. The Morgan fingerprint density at radius 1 is 1.00 bits per heavy atom. The summed E-state index contributed by atoms with van der Waals surface area (Å²) in [5.41, 5.74) is 0.571. The highest BCUT2D eigenvalue weighted by Crippen LogP contribution is 2.33. The Kier molecular flexibility index (Phi) is 5.71. The van der Waals surface area contributed by atoms with E-state index in [1.807, 2.05) is 0 Å². The van der Waals surface area contributed by atoms with Crippen molar-refractivity contribution in [3.05, 3.63) is 61.2 Å². The van der Waals surface area contributed by atoms with Crippen LogP contribution in [0.3, 0.4) is 0 Å². The monoisotopic (exact) mass is 472 g/mol. The molecule has 0 atom stereocenters. The fourth-order valence-electron chi connectivity index (χ4n) is 1.55. The van der Waals surface area contributed by atoms with E-state index >= 15 is 0 Å². The van der Waals surface area contributed by atoms with Crippen molar-refractivity contribution < 1.29 is 18.3 Å². The summed E-state index contributed by atoms with van der Waals surface area (Å²) >= 11 is 17.1. The Balaban J connectivity index is 0.000000164. The van der Waals surface area contributed by atoms with E-state index in [9.17, 15) is 8.78 Å². The molecular weight excluding hydrogens is 469 g/mol. The first kappa shape index (κ1) is 17.5. The van der Waals surface area contributed by atoms with Gasteiger partial charge in [-0.3, -0.25) is 0 Å². The van der Waals surface area contributed by atoms with E-state index in [-0.39, 0.29) is 15.8 Å². The molecule has 0 saturated carbocycles. The van der Waals surface area contributed by atoms with Gasteiger partial charge in [0.2, 0.25) is 0 Å². The second-order valence-corrected chi connectivity index (χ2v) is 6.53. The van der Waals surface area contributed by atoms with Gasteiger partial charge in [0.1, 0.15) is 23.0 Å². The number of fused-ring (bicyclic) bond motifs is 1. The van der Waals surface area contributed by atoms with Crippen molar-refractivity contribution >= 4 is 66.0 Å². The third-order valence-electron chi connectivity index (χ3n) is 2.57. The van der Waals surface area contributed by atoms with Crippen LogP contribution in [-0.4, -0.2) is 5.11 Å². The molecule has 0 amide bonds. The van der Waals surface area contributed by atoms with Gasteiger partial charge in [-0.1, -0.05) is 23.2 Å². The minimum atomic E-state index is -0.550. The molecule has 0 unspecified atom stereocenters. The molecule has 0 aliphatic carbocycles. The summed E-state index contributed by atoms with van der Waals surface area (Å²) in [5.74, 6) is -1.06. The number of rotatable bonds is 0. The van der Waals surface area contributed by atoms with E-state index in [4.69, 9.17) is 32.7 Å². The van der Waals surface area contributed by atoms with Gasteiger partial charge in [0.25, 0.3) is 0 Å². The van der Waals surface area contributed by atoms with E-state index in [1.165, 1.54) is 12.3 Å². The molecule has 0 aliphatic heterocycles. The molecule has 8 heteroatoms. The zero-order chi connectivity index (χ0) is 16.4. The van der Waals surface area contributed by atoms with Crippen LogP contribution in [0, 0.1) is 11.6 Å². The van der Waals surface area contributed by atoms with Crippen LogP contribution in [0.4, 0.5) is 8.78 Å². The lowest BCUT2D eigenvalue weighted by molar-refractivity contribution is 0.469. The number of halogens is 6. The molecule has 0 bridgehead atoms. The van der Waals surface area contributed by atoms with Crippen molar-refractivity contribution in [3.8, 4) is 5.75 Å². The number of furan rings is 1. The summed E-state index contributed by atoms with van der Waals surface area (Å²) in [4.78, 5) is 0. The van der Waals surface area contributed by atoms with Crippen LogP contribution in [0.1, 0.15) is 0 Å². The first-order chi connectivity index (χ1) is 10.3. The van der Waals surface area contributed by atoms with Crippen LogP contribution in [0.2, 0.25) is 10.0 Å². The van der Waals surface area contributed by atoms with Gasteiger partial charge in [-0.2, -0.15) is 0 Å². The van der Waals surface area contributed by atoms with Gasteiger partial charge in [-0.25, -0.2) is 8.78 Å². The first-order valence-corrected chi connectivity index (χ1v) is 7.99. The van der Waals surface area contributed by atoms with Crippen molar-refractivity contribution in [3.63, 3.8) is 0 Å². The van der Waals surface area contributed by atoms with E-state index < -0.39 is 11.6 Å². The molecule has 0 aliphatic rings. The molecule has 22 heavy (non-hydrogen) atoms. The maximum Gasteiger partial charge on any atom is 0.149 e. The lowest BCUT2D eigenvalue weighted by Crippen LogP contribution is -1.77. The van der Waals surface area contributed by atoms with Crippen molar-refractivity contribution in [1.29, 1.82) is 0 Å². The molecule has 2 aromatic carbocycles. The molecular formula is C14H6Br2Cl2F2O2. The van der Waals surface area contributed by atoms with Gasteiger partial charge < -0.3 is 9.52 Å². The predicted octanol–water partition coefficient (Wildman–Crippen LogP) is 6.94. The minimum Gasteiger partial charge on any atom is -0.507 e. The van der Waals surface area contributed by atoms with Gasteiger partial charge in [-0.05, 0) is 50.1 Å². The van der Waals surface area contributed by atoms with E-state index in [2.05, 4.69) is 31.9 Å². The van der Waals surface area contributed by atoms with Crippen molar-refractivity contribution in [2.24, 2.45) is 0 Å². The SMILES string of the molecule is Fc1cc(Br)c2occc2c1Cl.Oc1cc(Cl)c(F)cc1Br. The van der Waals surface area contributed by atoms with Gasteiger partial charge in [0.05, 0.1) is 25.3 Å². The van der Waals surface area contributed by atoms with Crippen LogP contribution in [-0.2, 0) is 0 Å². The molecule has 1 aromatic heterocycles. The van der Waals surface area contributed by atoms with E-state index in [1.54, 1.807) is 6.07 Å². The van der Waals surface area contributed by atoms with Gasteiger partial charge >= 0.3 is 0 Å². The predicted molar refractivity (Wildman–Crippen MR) is 89.7 cm³/mol. The van der Waals surface area contributed by atoms with Crippen LogP contribution in [0.15, 0.2) is 43.9 Å². The largest absolute Gasteiger partial charge is 0.507 e. The molecule has 0 saturated heterocycles. The highest BCUT2D eigenvalue weighted by atomic mass is 79.9. The zero-order valence-electron chi connectivity index (χ0n) is 10.5. The molecule has 3 aromatic rings. The first-order valence-electron chi connectivity index (χ1n) is 5.65. The Bertz CT molecular complexity index is 787. The Morgan fingerprint density at radius 2 is 1.64 bits per heavy atom. The number of aromatic hydroxyl groups is 1.